The number of nitrogens with zero attached hydrogens (tertiary/aromatic N) is 2. The molecule has 0 fully saturated rings. The van der Waals surface area contributed by atoms with Crippen LogP contribution in [0.5, 0.6) is 0 Å². The lowest BCUT2D eigenvalue weighted by atomic mass is 10.2. The standard InChI is InChI=1S/C12H15N3S/c1-3-15-8-11(7-14-15)6-13-10(2)12-4-5-16-9-12/h3-5,7-10,13H,1,6H2,2H3. The number of rotatable bonds is 5. The number of hydrogen-bond donors (Lipinski definition) is 1. The smallest absolute Gasteiger partial charge is 0.0538 e. The Morgan fingerprint density at radius 3 is 3.19 bits per heavy atom. The van der Waals surface area contributed by atoms with Crippen molar-refractivity contribution in [3.05, 3.63) is 46.9 Å². The highest BCUT2D eigenvalue weighted by molar-refractivity contribution is 7.07. The number of nitrogens with one attached hydrogen (secondary N) is 1. The summed E-state index contributed by atoms with van der Waals surface area (Å²) in [5.41, 5.74) is 2.50. The van der Waals surface area contributed by atoms with E-state index in [1.807, 2.05) is 12.4 Å². The van der Waals surface area contributed by atoms with E-state index < -0.39 is 0 Å². The molecule has 2 rings (SSSR count). The van der Waals surface area contributed by atoms with E-state index in [1.54, 1.807) is 22.2 Å². The van der Waals surface area contributed by atoms with Crippen molar-refractivity contribution in [2.24, 2.45) is 0 Å². The first-order valence-electron chi connectivity index (χ1n) is 5.20. The fourth-order valence-electron chi connectivity index (χ4n) is 1.48. The van der Waals surface area contributed by atoms with Crippen LogP contribution in [0.3, 0.4) is 0 Å². The van der Waals surface area contributed by atoms with Crippen LogP contribution < -0.4 is 5.32 Å². The van der Waals surface area contributed by atoms with E-state index in [2.05, 4.69) is 40.7 Å². The predicted molar refractivity (Wildman–Crippen MR) is 68.2 cm³/mol. The minimum absolute atomic E-state index is 0.373. The average Bonchev–Trinajstić information content (AvgIpc) is 2.96. The van der Waals surface area contributed by atoms with E-state index in [0.717, 1.165) is 6.54 Å². The molecule has 84 valence electrons. The lowest BCUT2D eigenvalue weighted by Gasteiger charge is -2.10. The van der Waals surface area contributed by atoms with E-state index in [1.165, 1.54) is 11.1 Å². The molecule has 2 aromatic rings. The molecule has 0 aromatic carbocycles. The number of aromatic nitrogens is 2. The van der Waals surface area contributed by atoms with Gasteiger partial charge in [0.25, 0.3) is 0 Å². The fourth-order valence-corrected chi connectivity index (χ4v) is 2.23. The second-order valence-corrected chi connectivity index (χ2v) is 4.45. The molecule has 1 atom stereocenters. The third-order valence-electron chi connectivity index (χ3n) is 2.50. The van der Waals surface area contributed by atoms with Crippen LogP contribution in [-0.2, 0) is 6.54 Å². The molecule has 0 saturated heterocycles. The molecule has 2 aromatic heterocycles. The summed E-state index contributed by atoms with van der Waals surface area (Å²) in [5.74, 6) is 0. The Hall–Kier alpha value is -1.39. The van der Waals surface area contributed by atoms with E-state index in [-0.39, 0.29) is 0 Å². The van der Waals surface area contributed by atoms with Gasteiger partial charge in [0.05, 0.1) is 6.20 Å². The molecule has 0 saturated carbocycles. The van der Waals surface area contributed by atoms with E-state index in [0.29, 0.717) is 6.04 Å². The molecular formula is C12H15N3S. The topological polar surface area (TPSA) is 29.9 Å². The van der Waals surface area contributed by atoms with Crippen LogP contribution >= 0.6 is 11.3 Å². The highest BCUT2D eigenvalue weighted by Gasteiger charge is 2.05. The van der Waals surface area contributed by atoms with Gasteiger partial charge in [-0.3, -0.25) is 0 Å². The Bertz CT molecular complexity index is 445. The van der Waals surface area contributed by atoms with E-state index >= 15 is 0 Å². The first kappa shape index (κ1) is 11.1. The molecule has 3 nitrogen and oxygen atoms in total. The third-order valence-corrected chi connectivity index (χ3v) is 3.20. The molecule has 2 heterocycles. The minimum Gasteiger partial charge on any atom is -0.306 e. The Balaban J connectivity index is 1.89. The Labute approximate surface area is 99.4 Å². The molecule has 0 spiro atoms. The Morgan fingerprint density at radius 1 is 1.69 bits per heavy atom. The number of thiophene rings is 1. The van der Waals surface area contributed by atoms with E-state index in [9.17, 15) is 0 Å². The molecule has 0 aliphatic rings. The lowest BCUT2D eigenvalue weighted by Crippen LogP contribution is -2.17. The molecule has 16 heavy (non-hydrogen) atoms. The largest absolute Gasteiger partial charge is 0.306 e. The molecule has 4 heteroatoms. The Kier molecular flexibility index (Phi) is 3.54. The average molecular weight is 233 g/mol. The van der Waals surface area contributed by atoms with Crippen LogP contribution in [0.1, 0.15) is 24.1 Å². The summed E-state index contributed by atoms with van der Waals surface area (Å²) in [6.45, 7) is 6.65. The Morgan fingerprint density at radius 2 is 2.56 bits per heavy atom. The van der Waals surface area contributed by atoms with Crippen molar-refractivity contribution in [2.45, 2.75) is 19.5 Å². The molecule has 0 amide bonds. The first-order valence-corrected chi connectivity index (χ1v) is 6.15. The first-order chi connectivity index (χ1) is 7.79. The maximum atomic E-state index is 4.14. The number of hydrogen-bond acceptors (Lipinski definition) is 3. The maximum Gasteiger partial charge on any atom is 0.0538 e. The maximum absolute atomic E-state index is 4.14. The van der Waals surface area contributed by atoms with Gasteiger partial charge in [0.15, 0.2) is 0 Å². The summed E-state index contributed by atoms with van der Waals surface area (Å²) in [5, 5.41) is 11.9. The molecule has 0 aliphatic carbocycles. The summed E-state index contributed by atoms with van der Waals surface area (Å²) >= 11 is 1.73. The zero-order valence-corrected chi connectivity index (χ0v) is 10.1. The zero-order chi connectivity index (χ0) is 11.4. The molecule has 1 unspecified atom stereocenters. The van der Waals surface area contributed by atoms with Gasteiger partial charge in [0.1, 0.15) is 0 Å². The van der Waals surface area contributed by atoms with Gasteiger partial charge >= 0.3 is 0 Å². The molecule has 1 N–H and O–H groups in total. The summed E-state index contributed by atoms with van der Waals surface area (Å²) in [7, 11) is 0. The van der Waals surface area contributed by atoms with Gasteiger partial charge < -0.3 is 5.32 Å². The van der Waals surface area contributed by atoms with Crippen LogP contribution in [-0.4, -0.2) is 9.78 Å². The SMILES string of the molecule is C=Cn1cc(CNC(C)c2ccsc2)cn1. The van der Waals surface area contributed by atoms with Gasteiger partial charge in [-0.15, -0.1) is 0 Å². The summed E-state index contributed by atoms with van der Waals surface area (Å²) in [4.78, 5) is 0. The van der Waals surface area contributed by atoms with E-state index in [4.69, 9.17) is 0 Å². The minimum atomic E-state index is 0.373. The van der Waals surface area contributed by atoms with Crippen molar-refractivity contribution >= 4 is 17.5 Å². The molecular weight excluding hydrogens is 218 g/mol. The zero-order valence-electron chi connectivity index (χ0n) is 9.26. The normalized spacial score (nSPS) is 12.6. The molecule has 0 radical (unpaired) electrons. The third kappa shape index (κ3) is 2.59. The van der Waals surface area contributed by atoms with Crippen LogP contribution in [0.15, 0.2) is 35.8 Å². The molecule has 0 aliphatic heterocycles. The van der Waals surface area contributed by atoms with Crippen LogP contribution in [0.4, 0.5) is 0 Å². The highest BCUT2D eigenvalue weighted by Crippen LogP contribution is 2.15. The summed E-state index contributed by atoms with van der Waals surface area (Å²) < 4.78 is 1.71. The van der Waals surface area contributed by atoms with Gasteiger partial charge in [-0.05, 0) is 29.3 Å². The van der Waals surface area contributed by atoms with Gasteiger partial charge in [0, 0.05) is 30.5 Å². The molecule has 0 bridgehead atoms. The van der Waals surface area contributed by atoms with Crippen LogP contribution in [0, 0.1) is 0 Å². The van der Waals surface area contributed by atoms with Crippen molar-refractivity contribution in [2.75, 3.05) is 0 Å². The van der Waals surface area contributed by atoms with Crippen molar-refractivity contribution in [3.63, 3.8) is 0 Å². The monoisotopic (exact) mass is 233 g/mol. The van der Waals surface area contributed by atoms with Gasteiger partial charge in [-0.1, -0.05) is 6.58 Å². The van der Waals surface area contributed by atoms with Crippen LogP contribution in [0.25, 0.3) is 6.20 Å². The second-order valence-electron chi connectivity index (χ2n) is 3.67. The van der Waals surface area contributed by atoms with Crippen molar-refractivity contribution in [1.29, 1.82) is 0 Å². The van der Waals surface area contributed by atoms with Crippen molar-refractivity contribution < 1.29 is 0 Å². The van der Waals surface area contributed by atoms with Gasteiger partial charge in [0.2, 0.25) is 0 Å². The predicted octanol–water partition coefficient (Wildman–Crippen LogP) is 2.90. The van der Waals surface area contributed by atoms with Gasteiger partial charge in [-0.2, -0.15) is 16.4 Å². The summed E-state index contributed by atoms with van der Waals surface area (Å²) in [6.07, 6.45) is 5.52. The summed E-state index contributed by atoms with van der Waals surface area (Å²) in [6, 6.07) is 2.52. The highest BCUT2D eigenvalue weighted by atomic mass is 32.1. The van der Waals surface area contributed by atoms with Gasteiger partial charge in [-0.25, -0.2) is 4.68 Å². The van der Waals surface area contributed by atoms with Crippen molar-refractivity contribution in [1.82, 2.24) is 15.1 Å². The fraction of sp³-hybridized carbons (Fsp3) is 0.250. The second kappa shape index (κ2) is 5.09. The lowest BCUT2D eigenvalue weighted by molar-refractivity contribution is 0.576. The quantitative estimate of drug-likeness (QED) is 0.860. The van der Waals surface area contributed by atoms with Crippen molar-refractivity contribution in [3.8, 4) is 0 Å². The van der Waals surface area contributed by atoms with Crippen LogP contribution in [0.2, 0.25) is 0 Å².